The van der Waals surface area contributed by atoms with Crippen molar-refractivity contribution in [2.75, 3.05) is 32.8 Å². The van der Waals surface area contributed by atoms with Crippen molar-refractivity contribution in [2.45, 2.75) is 45.6 Å². The van der Waals surface area contributed by atoms with E-state index in [0.717, 1.165) is 46.3 Å². The number of fused-ring (bicyclic) bond motifs is 3. The molecule has 2 aliphatic rings. The highest BCUT2D eigenvalue weighted by atomic mass is 16.5. The Hall–Kier alpha value is -3.00. The lowest BCUT2D eigenvalue weighted by atomic mass is 10.1. The summed E-state index contributed by atoms with van der Waals surface area (Å²) in [7, 11) is 0. The van der Waals surface area contributed by atoms with Crippen molar-refractivity contribution in [2.24, 2.45) is 0 Å². The van der Waals surface area contributed by atoms with E-state index in [1.165, 1.54) is 0 Å². The van der Waals surface area contributed by atoms with Gasteiger partial charge < -0.3 is 14.5 Å². The smallest absolute Gasteiger partial charge is 0.251 e. The van der Waals surface area contributed by atoms with E-state index in [4.69, 9.17) is 14.8 Å². The largest absolute Gasteiger partial charge is 0.368 e. The van der Waals surface area contributed by atoms with E-state index in [1.807, 2.05) is 52.4 Å². The summed E-state index contributed by atoms with van der Waals surface area (Å²) in [6, 6.07) is 8.00. The average molecular weight is 436 g/mol. The Balaban J connectivity index is 1.23. The molecule has 2 saturated heterocycles. The van der Waals surface area contributed by atoms with Crippen LogP contribution in [-0.4, -0.2) is 75.1 Å². The maximum atomic E-state index is 12.9. The molecule has 0 spiro atoms. The minimum atomic E-state index is -0.287. The molecule has 1 atom stereocenters. The summed E-state index contributed by atoms with van der Waals surface area (Å²) in [4.78, 5) is 33.9. The van der Waals surface area contributed by atoms with Crippen LogP contribution in [0.1, 0.15) is 36.2 Å². The van der Waals surface area contributed by atoms with E-state index in [9.17, 15) is 9.59 Å². The maximum absolute atomic E-state index is 12.9. The summed E-state index contributed by atoms with van der Waals surface area (Å²) >= 11 is 0. The Bertz CT molecular complexity index is 1170. The van der Waals surface area contributed by atoms with Crippen LogP contribution in [0.25, 0.3) is 16.6 Å². The highest BCUT2D eigenvalue weighted by molar-refractivity contribution is 5.92. The molecule has 32 heavy (non-hydrogen) atoms. The number of rotatable bonds is 4. The minimum Gasteiger partial charge on any atom is -0.368 e. The van der Waals surface area contributed by atoms with Gasteiger partial charge in [-0.15, -0.1) is 0 Å². The van der Waals surface area contributed by atoms with Gasteiger partial charge in [0.25, 0.3) is 5.91 Å². The molecule has 1 unspecified atom stereocenters. The molecule has 2 amide bonds. The summed E-state index contributed by atoms with van der Waals surface area (Å²) in [6.07, 6.45) is 2.52. The third kappa shape index (κ3) is 3.72. The molecular weight excluding hydrogens is 406 g/mol. The Labute approximate surface area is 187 Å². The molecule has 0 saturated carbocycles. The van der Waals surface area contributed by atoms with E-state index in [1.54, 1.807) is 0 Å². The lowest BCUT2D eigenvalue weighted by Gasteiger charge is -2.35. The molecule has 3 aromatic rings. The van der Waals surface area contributed by atoms with Crippen molar-refractivity contribution in [3.8, 4) is 0 Å². The first-order chi connectivity index (χ1) is 15.5. The zero-order valence-corrected chi connectivity index (χ0v) is 18.7. The summed E-state index contributed by atoms with van der Waals surface area (Å²) < 4.78 is 7.41. The Morgan fingerprint density at radius 3 is 2.59 bits per heavy atom. The van der Waals surface area contributed by atoms with Gasteiger partial charge in [-0.25, -0.2) is 9.50 Å². The van der Waals surface area contributed by atoms with Gasteiger partial charge in [0.2, 0.25) is 5.91 Å². The van der Waals surface area contributed by atoms with E-state index in [0.29, 0.717) is 45.6 Å². The van der Waals surface area contributed by atoms with Gasteiger partial charge in [0.05, 0.1) is 5.52 Å². The minimum absolute atomic E-state index is 0.0758. The molecule has 2 aliphatic heterocycles. The standard InChI is InChI=1S/C24H29N5O3/c1-16-18(17(2)29-23(25-16)19-6-3-4-7-20(19)26-29)9-10-22(30)27-11-13-28(14-12-27)24(31)21-8-5-15-32-21/h3-4,6-7,21H,5,8-15H2,1-2H3. The van der Waals surface area contributed by atoms with Gasteiger partial charge in [-0.3, -0.25) is 9.59 Å². The molecule has 8 nitrogen and oxygen atoms in total. The topological polar surface area (TPSA) is 80.0 Å². The fourth-order valence-corrected chi connectivity index (χ4v) is 4.88. The van der Waals surface area contributed by atoms with Gasteiger partial charge in [0, 0.05) is 56.0 Å². The van der Waals surface area contributed by atoms with Crippen LogP contribution in [0.15, 0.2) is 24.3 Å². The molecule has 2 aromatic heterocycles. The normalized spacial score (nSPS) is 19.2. The molecule has 1 aromatic carbocycles. The highest BCUT2D eigenvalue weighted by Gasteiger charge is 2.31. The van der Waals surface area contributed by atoms with Gasteiger partial charge in [-0.05, 0) is 50.8 Å². The summed E-state index contributed by atoms with van der Waals surface area (Å²) in [5.41, 5.74) is 4.83. The number of hydrogen-bond donors (Lipinski definition) is 0. The average Bonchev–Trinajstić information content (AvgIpc) is 3.47. The molecule has 2 fully saturated rings. The number of carbonyl (C=O) groups is 2. The SMILES string of the molecule is Cc1nc2c3ccccc3nn2c(C)c1CCC(=O)N1CCN(C(=O)C2CCCO2)CC1. The predicted molar refractivity (Wildman–Crippen MR) is 120 cm³/mol. The molecule has 0 radical (unpaired) electrons. The van der Waals surface area contributed by atoms with Gasteiger partial charge in [-0.2, -0.15) is 5.10 Å². The number of benzene rings is 1. The number of ether oxygens (including phenoxy) is 1. The predicted octanol–water partition coefficient (Wildman–Crippen LogP) is 2.28. The van der Waals surface area contributed by atoms with E-state index in [2.05, 4.69) is 0 Å². The zero-order valence-electron chi connectivity index (χ0n) is 18.7. The molecule has 168 valence electrons. The fourth-order valence-electron chi connectivity index (χ4n) is 4.88. The number of amides is 2. The van der Waals surface area contributed by atoms with Crippen molar-refractivity contribution >= 4 is 28.4 Å². The van der Waals surface area contributed by atoms with Crippen LogP contribution in [0.5, 0.6) is 0 Å². The van der Waals surface area contributed by atoms with Crippen molar-refractivity contribution in [3.63, 3.8) is 0 Å². The van der Waals surface area contributed by atoms with Crippen LogP contribution in [-0.2, 0) is 20.7 Å². The van der Waals surface area contributed by atoms with E-state index < -0.39 is 0 Å². The van der Waals surface area contributed by atoms with Crippen LogP contribution >= 0.6 is 0 Å². The summed E-state index contributed by atoms with van der Waals surface area (Å²) in [5.74, 6) is 0.200. The van der Waals surface area contributed by atoms with Crippen molar-refractivity contribution in [1.82, 2.24) is 24.4 Å². The number of aryl methyl sites for hydroxylation is 2. The second-order valence-electron chi connectivity index (χ2n) is 8.72. The summed E-state index contributed by atoms with van der Waals surface area (Å²) in [5, 5.41) is 5.74. The molecule has 0 aliphatic carbocycles. The first-order valence-corrected chi connectivity index (χ1v) is 11.4. The van der Waals surface area contributed by atoms with Crippen LogP contribution in [0.3, 0.4) is 0 Å². The number of hydrogen-bond acceptors (Lipinski definition) is 5. The van der Waals surface area contributed by atoms with Crippen molar-refractivity contribution < 1.29 is 14.3 Å². The third-order valence-electron chi connectivity index (χ3n) is 6.76. The first kappa shape index (κ1) is 20.9. The van der Waals surface area contributed by atoms with E-state index >= 15 is 0 Å². The maximum Gasteiger partial charge on any atom is 0.251 e. The van der Waals surface area contributed by atoms with Crippen LogP contribution in [0.4, 0.5) is 0 Å². The van der Waals surface area contributed by atoms with Crippen LogP contribution in [0.2, 0.25) is 0 Å². The number of aromatic nitrogens is 3. The molecule has 4 heterocycles. The number of carbonyl (C=O) groups excluding carboxylic acids is 2. The lowest BCUT2D eigenvalue weighted by Crippen LogP contribution is -2.52. The lowest BCUT2D eigenvalue weighted by molar-refractivity contribution is -0.146. The third-order valence-corrected chi connectivity index (χ3v) is 6.76. The molecule has 0 bridgehead atoms. The Kier molecular flexibility index (Phi) is 5.55. The first-order valence-electron chi connectivity index (χ1n) is 11.4. The second kappa shape index (κ2) is 8.50. The van der Waals surface area contributed by atoms with Crippen LogP contribution in [0, 0.1) is 13.8 Å². The Morgan fingerprint density at radius 1 is 1.09 bits per heavy atom. The summed E-state index contributed by atoms with van der Waals surface area (Å²) in [6.45, 7) is 7.04. The monoisotopic (exact) mass is 435 g/mol. The van der Waals surface area contributed by atoms with Gasteiger partial charge >= 0.3 is 0 Å². The Morgan fingerprint density at radius 2 is 1.84 bits per heavy atom. The van der Waals surface area contributed by atoms with Crippen molar-refractivity contribution in [1.29, 1.82) is 0 Å². The van der Waals surface area contributed by atoms with Gasteiger partial charge in [0.15, 0.2) is 5.65 Å². The number of piperazine rings is 1. The van der Waals surface area contributed by atoms with Gasteiger partial charge in [-0.1, -0.05) is 12.1 Å². The van der Waals surface area contributed by atoms with Gasteiger partial charge in [0.1, 0.15) is 6.10 Å². The molecule has 5 rings (SSSR count). The quantitative estimate of drug-likeness (QED) is 0.628. The molecular formula is C24H29N5O3. The molecule has 0 N–H and O–H groups in total. The van der Waals surface area contributed by atoms with E-state index in [-0.39, 0.29) is 17.9 Å². The van der Waals surface area contributed by atoms with Crippen LogP contribution < -0.4 is 0 Å². The highest BCUT2D eigenvalue weighted by Crippen LogP contribution is 2.23. The fraction of sp³-hybridized carbons (Fsp3) is 0.500. The van der Waals surface area contributed by atoms with Crippen molar-refractivity contribution in [3.05, 3.63) is 41.2 Å². The zero-order chi connectivity index (χ0) is 22.2. The molecule has 8 heteroatoms. The second-order valence-corrected chi connectivity index (χ2v) is 8.72. The number of nitrogens with zero attached hydrogens (tertiary/aromatic N) is 5.